The SMILES string of the molecule is C=C/C(N)=C\C=C/C.C=C1/C=c2\c(n(-c3ccc4ccccc4c3)c3ccc4ccccc4c23)=C/N(c2ccc(Cc3ccccc3)c3ccccc23)c2ccccc21.CC.NN. The molecule has 0 saturated carbocycles. The molecule has 8 aromatic carbocycles. The molecule has 0 atom stereocenters. The van der Waals surface area contributed by atoms with Crippen molar-refractivity contribution in [1.82, 2.24) is 4.57 Å². The van der Waals surface area contributed by atoms with E-state index in [-0.39, 0.29) is 0 Å². The van der Waals surface area contributed by atoms with Gasteiger partial charge in [0, 0.05) is 39.1 Å². The van der Waals surface area contributed by atoms with E-state index in [1.807, 2.05) is 32.9 Å². The molecule has 0 spiro atoms. The van der Waals surface area contributed by atoms with E-state index in [1.54, 1.807) is 12.2 Å². The predicted molar refractivity (Wildman–Crippen MR) is 274 cm³/mol. The molecule has 2 heterocycles. The first-order valence-corrected chi connectivity index (χ1v) is 21.4. The number of fused-ring (bicyclic) bond motifs is 8. The second-order valence-electron chi connectivity index (χ2n) is 14.9. The average Bonchev–Trinajstić information content (AvgIpc) is 3.65. The zero-order valence-corrected chi connectivity index (χ0v) is 36.4. The van der Waals surface area contributed by atoms with E-state index in [1.165, 1.54) is 59.6 Å². The van der Waals surface area contributed by atoms with Crippen LogP contribution in [-0.2, 0) is 6.42 Å². The molecule has 5 nitrogen and oxygen atoms in total. The topological polar surface area (TPSA) is 86.2 Å². The van der Waals surface area contributed by atoms with Crippen molar-refractivity contribution in [2.75, 3.05) is 4.90 Å². The van der Waals surface area contributed by atoms with Crippen LogP contribution in [0.1, 0.15) is 37.5 Å². The minimum atomic E-state index is 0.697. The normalized spacial score (nSPS) is 13.1. The number of nitrogens with two attached hydrogens (primary N) is 3. The number of nitrogens with zero attached hydrogens (tertiary/aromatic N) is 2. The Morgan fingerprint density at radius 1 is 0.635 bits per heavy atom. The molecule has 0 unspecified atom stereocenters. The Morgan fingerprint density at radius 3 is 2.02 bits per heavy atom. The van der Waals surface area contributed by atoms with Crippen LogP contribution in [0.25, 0.3) is 66.8 Å². The van der Waals surface area contributed by atoms with Gasteiger partial charge in [-0.15, -0.1) is 0 Å². The Balaban J connectivity index is 0.000000445. The van der Waals surface area contributed by atoms with Crippen molar-refractivity contribution >= 4 is 72.4 Å². The Labute approximate surface area is 371 Å². The fourth-order valence-electron chi connectivity index (χ4n) is 8.37. The lowest BCUT2D eigenvalue weighted by Crippen LogP contribution is -2.33. The predicted octanol–water partition coefficient (Wildman–Crippen LogP) is 12.5. The Hall–Kier alpha value is -7.70. The summed E-state index contributed by atoms with van der Waals surface area (Å²) in [5.74, 6) is 8.00. The quantitative estimate of drug-likeness (QED) is 0.0886. The zero-order chi connectivity index (χ0) is 44.3. The summed E-state index contributed by atoms with van der Waals surface area (Å²) in [4.78, 5) is 2.40. The van der Waals surface area contributed by atoms with Gasteiger partial charge in [0.05, 0.1) is 22.2 Å². The maximum atomic E-state index is 5.35. The highest BCUT2D eigenvalue weighted by Gasteiger charge is 2.21. The molecule has 0 bridgehead atoms. The van der Waals surface area contributed by atoms with Gasteiger partial charge in [0.25, 0.3) is 0 Å². The Bertz CT molecular complexity index is 3260. The third-order valence-electron chi connectivity index (χ3n) is 11.2. The summed E-state index contributed by atoms with van der Waals surface area (Å²) in [5.41, 5.74) is 15.3. The Kier molecular flexibility index (Phi) is 13.9. The lowest BCUT2D eigenvalue weighted by Gasteiger charge is -2.27. The van der Waals surface area contributed by atoms with Crippen molar-refractivity contribution in [2.45, 2.75) is 27.2 Å². The van der Waals surface area contributed by atoms with Crippen LogP contribution in [0.2, 0.25) is 0 Å². The molecule has 9 aromatic rings. The van der Waals surface area contributed by atoms with E-state index in [9.17, 15) is 0 Å². The van der Waals surface area contributed by atoms with Gasteiger partial charge in [0.2, 0.25) is 0 Å². The number of benzene rings is 8. The van der Waals surface area contributed by atoms with Crippen molar-refractivity contribution in [1.29, 1.82) is 0 Å². The van der Waals surface area contributed by atoms with Gasteiger partial charge in [0.1, 0.15) is 0 Å². The van der Waals surface area contributed by atoms with Gasteiger partial charge in [-0.2, -0.15) is 0 Å². The van der Waals surface area contributed by atoms with E-state index in [4.69, 9.17) is 12.3 Å². The van der Waals surface area contributed by atoms with Crippen LogP contribution < -0.4 is 32.9 Å². The van der Waals surface area contributed by atoms with Crippen LogP contribution in [0.15, 0.2) is 213 Å². The Morgan fingerprint density at radius 2 is 1.27 bits per heavy atom. The van der Waals surface area contributed by atoms with Crippen LogP contribution in [0, 0.1) is 0 Å². The largest absolute Gasteiger partial charge is 0.399 e. The first kappa shape index (κ1) is 43.4. The fourth-order valence-corrected chi connectivity index (χ4v) is 8.37. The number of hydrogen-bond donors (Lipinski definition) is 3. The van der Waals surface area contributed by atoms with Crippen LogP contribution >= 0.6 is 0 Å². The van der Waals surface area contributed by atoms with Crippen LogP contribution in [-0.4, -0.2) is 4.57 Å². The highest BCUT2D eigenvalue weighted by atomic mass is 15.1. The van der Waals surface area contributed by atoms with Crippen molar-refractivity contribution in [3.63, 3.8) is 0 Å². The monoisotopic (exact) mass is 821 g/mol. The molecule has 1 aliphatic heterocycles. The molecule has 1 aliphatic rings. The molecule has 312 valence electrons. The molecule has 6 N–H and O–H groups in total. The van der Waals surface area contributed by atoms with Gasteiger partial charge in [-0.3, -0.25) is 11.7 Å². The minimum absolute atomic E-state index is 0.697. The molecule has 0 aliphatic carbocycles. The number of anilines is 2. The molecule has 63 heavy (non-hydrogen) atoms. The maximum absolute atomic E-state index is 5.35. The van der Waals surface area contributed by atoms with Crippen LogP contribution in [0.5, 0.6) is 0 Å². The highest BCUT2D eigenvalue weighted by Crippen LogP contribution is 2.39. The number of hydrazine groups is 1. The van der Waals surface area contributed by atoms with Gasteiger partial charge in [-0.25, -0.2) is 0 Å². The number of hydrogen-bond acceptors (Lipinski definition) is 4. The summed E-state index contributed by atoms with van der Waals surface area (Å²) >= 11 is 0. The molecule has 1 aromatic heterocycles. The van der Waals surface area contributed by atoms with Crippen molar-refractivity contribution < 1.29 is 0 Å². The first-order chi connectivity index (χ1) is 31.0. The summed E-state index contributed by atoms with van der Waals surface area (Å²) in [6.07, 6.45) is 12.7. The van der Waals surface area contributed by atoms with E-state index < -0.39 is 0 Å². The third-order valence-corrected chi connectivity index (χ3v) is 11.2. The van der Waals surface area contributed by atoms with E-state index in [2.05, 4.69) is 210 Å². The first-order valence-electron chi connectivity index (χ1n) is 21.4. The summed E-state index contributed by atoms with van der Waals surface area (Å²) in [7, 11) is 0. The van der Waals surface area contributed by atoms with Gasteiger partial charge in [-0.1, -0.05) is 179 Å². The van der Waals surface area contributed by atoms with Crippen LogP contribution in [0.4, 0.5) is 11.4 Å². The number of allylic oxidation sites excluding steroid dienone is 5. The summed E-state index contributed by atoms with van der Waals surface area (Å²) in [6, 6.07) is 61.6. The van der Waals surface area contributed by atoms with Crippen molar-refractivity contribution in [3.05, 3.63) is 240 Å². The number of para-hydroxylation sites is 1. The molecule has 10 rings (SSSR count). The van der Waals surface area contributed by atoms with Gasteiger partial charge >= 0.3 is 0 Å². The van der Waals surface area contributed by atoms with Crippen molar-refractivity contribution in [2.24, 2.45) is 17.4 Å². The zero-order valence-electron chi connectivity index (χ0n) is 36.4. The van der Waals surface area contributed by atoms with E-state index in [0.717, 1.165) is 40.0 Å². The molecule has 5 heteroatoms. The van der Waals surface area contributed by atoms with Crippen molar-refractivity contribution in [3.8, 4) is 5.69 Å². The number of rotatable bonds is 6. The number of aromatic nitrogens is 1. The van der Waals surface area contributed by atoms with Gasteiger partial charge in [-0.05, 0) is 106 Å². The summed E-state index contributed by atoms with van der Waals surface area (Å²) in [6.45, 7) is 14.1. The molecule has 0 amide bonds. The fraction of sp³-hybridized carbons (Fsp3) is 0.0690. The summed E-state index contributed by atoms with van der Waals surface area (Å²) < 4.78 is 2.44. The lowest BCUT2D eigenvalue weighted by atomic mass is 9.96. The molecule has 0 radical (unpaired) electrons. The average molecular weight is 822 g/mol. The third kappa shape index (κ3) is 8.88. The molecule has 0 fully saturated rings. The van der Waals surface area contributed by atoms with Crippen LogP contribution in [0.3, 0.4) is 0 Å². The van der Waals surface area contributed by atoms with E-state index in [0.29, 0.717) is 5.70 Å². The van der Waals surface area contributed by atoms with Gasteiger partial charge in [0.15, 0.2) is 0 Å². The minimum Gasteiger partial charge on any atom is -0.399 e. The highest BCUT2D eigenvalue weighted by molar-refractivity contribution is 6.10. The maximum Gasteiger partial charge on any atom is 0.0707 e. The second kappa shape index (κ2) is 20.2. The molecule has 0 saturated heterocycles. The lowest BCUT2D eigenvalue weighted by molar-refractivity contribution is 1.06. The van der Waals surface area contributed by atoms with E-state index >= 15 is 0 Å². The standard InChI is InChI=1S/C49H34N2.C7H11N.C2H6.H4N2/c1-33-29-44-48(51(39-26-23-35-15-5-6-17-37(35)31-39)47-28-24-36-16-7-8-20-42(36)49(44)47)32-50(45-22-12-11-18-40(33)45)46-27-25-38(30-34-13-3-2-4-14-34)41-19-9-10-21-43(41)46;1-3-5-6-7(8)4-2;2*1-2/h2-29,31-32H,1,30H2;3-6H,2,8H2,1H3;1-2H3;1-2H2/b44-29+,48-32+;5-3-,7-6+;;. The van der Waals surface area contributed by atoms with Gasteiger partial charge < -0.3 is 15.2 Å². The summed E-state index contributed by atoms with van der Waals surface area (Å²) in [5, 5.41) is 10.9. The molecular weight excluding hydrogens is 767 g/mol. The smallest absolute Gasteiger partial charge is 0.0707 e. The molecular formula is C58H55N5. The second-order valence-corrected chi connectivity index (χ2v) is 14.9.